The van der Waals surface area contributed by atoms with E-state index in [-0.39, 0.29) is 57.4 Å². The zero-order chi connectivity index (χ0) is 16.8. The molecule has 0 spiro atoms. The molecule has 0 unspecified atom stereocenters. The molecule has 2 aromatic carbocycles. The second kappa shape index (κ2) is 6.58. The summed E-state index contributed by atoms with van der Waals surface area (Å²) in [6, 6.07) is 7.01. The number of phenols is 1. The second-order valence-electron chi connectivity index (χ2n) is 4.79. The van der Waals surface area contributed by atoms with Crippen LogP contribution >= 0.6 is 0 Å². The zero-order valence-electron chi connectivity index (χ0n) is 12.4. The molecular formula is C15H9NaO7S. The minimum absolute atomic E-state index is 0. The molecule has 3 rings (SSSR count). The molecule has 0 amide bonds. The maximum atomic E-state index is 12.4. The van der Waals surface area contributed by atoms with E-state index in [1.165, 1.54) is 24.3 Å². The van der Waals surface area contributed by atoms with E-state index in [1.54, 1.807) is 0 Å². The van der Waals surface area contributed by atoms with Gasteiger partial charge in [0.2, 0.25) is 0 Å². The summed E-state index contributed by atoms with van der Waals surface area (Å²) in [5.74, 6) is -0.955. The molecule has 7 nitrogen and oxygen atoms in total. The van der Waals surface area contributed by atoms with E-state index < -0.39 is 26.2 Å². The monoisotopic (exact) mass is 356 g/mol. The Balaban J connectivity index is 0.00000208. The van der Waals surface area contributed by atoms with E-state index >= 15 is 0 Å². The van der Waals surface area contributed by atoms with Crippen molar-refractivity contribution >= 4 is 21.1 Å². The van der Waals surface area contributed by atoms with Gasteiger partial charge in [-0.1, -0.05) is 12.1 Å². The maximum Gasteiger partial charge on any atom is 1.00 e. The number of rotatable bonds is 2. The summed E-state index contributed by atoms with van der Waals surface area (Å²) in [7, 11) is -4.65. The van der Waals surface area contributed by atoms with Gasteiger partial charge in [-0.2, -0.15) is 8.42 Å². The summed E-state index contributed by atoms with van der Waals surface area (Å²) in [6.45, 7) is 0. The molecule has 1 heterocycles. The Hall–Kier alpha value is -1.84. The number of hydrogen-bond acceptors (Lipinski definition) is 6. The van der Waals surface area contributed by atoms with Crippen LogP contribution in [0.2, 0.25) is 0 Å². The number of phenolic OH excluding ortho intramolecular Hbond substituents is 1. The normalized spacial score (nSPS) is 11.2. The van der Waals surface area contributed by atoms with Crippen molar-refractivity contribution in [2.75, 3.05) is 0 Å². The van der Waals surface area contributed by atoms with Gasteiger partial charge in [-0.25, -0.2) is 0 Å². The van der Waals surface area contributed by atoms with Crippen LogP contribution in [0.15, 0.2) is 56.8 Å². The predicted octanol–water partition coefficient (Wildman–Crippen LogP) is -1.51. The quantitative estimate of drug-likeness (QED) is 0.422. The largest absolute Gasteiger partial charge is 1.00 e. The van der Waals surface area contributed by atoms with Gasteiger partial charge < -0.3 is 14.6 Å². The zero-order valence-corrected chi connectivity index (χ0v) is 15.2. The Morgan fingerprint density at radius 2 is 1.79 bits per heavy atom. The minimum atomic E-state index is -4.65. The number of fused-ring (bicyclic) bond motifs is 1. The van der Waals surface area contributed by atoms with Gasteiger partial charge in [0.25, 0.3) is 10.1 Å². The van der Waals surface area contributed by atoms with Crippen LogP contribution in [0, 0.1) is 0 Å². The van der Waals surface area contributed by atoms with Gasteiger partial charge in [0.05, 0.1) is 10.9 Å². The molecule has 0 atom stereocenters. The molecule has 0 aliphatic rings. The SMILES string of the molecule is O=c1c(-c2ccc(O)c(S(=O)(=O)O)c2)coc2cc([O-])ccc12.[Na+]. The number of benzene rings is 2. The summed E-state index contributed by atoms with van der Waals surface area (Å²) in [6.07, 6.45) is 1.09. The molecule has 118 valence electrons. The van der Waals surface area contributed by atoms with Crippen LogP contribution in [0.4, 0.5) is 0 Å². The van der Waals surface area contributed by atoms with Crippen LogP contribution in [0.1, 0.15) is 0 Å². The molecule has 0 fully saturated rings. The average Bonchev–Trinajstić information content (AvgIpc) is 2.47. The van der Waals surface area contributed by atoms with Crippen LogP contribution < -0.4 is 40.1 Å². The average molecular weight is 356 g/mol. The molecule has 0 bridgehead atoms. The minimum Gasteiger partial charge on any atom is -0.872 e. The van der Waals surface area contributed by atoms with Crippen molar-refractivity contribution in [3.05, 3.63) is 52.9 Å². The Kier molecular flexibility index (Phi) is 5.07. The standard InChI is InChI=1S/C15H10O7S.Na/c16-9-2-3-10-13(6-9)22-7-11(15(10)18)8-1-4-12(17)14(5-8)23(19,20)21;/h1-7,16-17H,(H,19,20,21);/q;+1/p-1. The second-order valence-corrected chi connectivity index (χ2v) is 6.18. The number of aromatic hydroxyl groups is 1. The topological polar surface area (TPSA) is 128 Å². The van der Waals surface area contributed by atoms with Gasteiger partial charge in [0, 0.05) is 0 Å². The molecule has 2 N–H and O–H groups in total. The molecule has 0 saturated heterocycles. The fourth-order valence-corrected chi connectivity index (χ4v) is 2.80. The van der Waals surface area contributed by atoms with E-state index in [0.717, 1.165) is 18.4 Å². The summed E-state index contributed by atoms with van der Waals surface area (Å²) >= 11 is 0. The van der Waals surface area contributed by atoms with E-state index in [1.807, 2.05) is 0 Å². The first-order valence-corrected chi connectivity index (χ1v) is 7.75. The van der Waals surface area contributed by atoms with Crippen LogP contribution in [-0.4, -0.2) is 18.1 Å². The summed E-state index contributed by atoms with van der Waals surface area (Å²) in [4.78, 5) is 11.7. The summed E-state index contributed by atoms with van der Waals surface area (Å²) in [5.41, 5.74) is -0.198. The van der Waals surface area contributed by atoms with Crippen LogP contribution in [-0.2, 0) is 10.1 Å². The van der Waals surface area contributed by atoms with Crippen molar-refractivity contribution in [2.45, 2.75) is 4.90 Å². The molecule has 0 aliphatic heterocycles. The molecular weight excluding hydrogens is 347 g/mol. The Bertz CT molecular complexity index is 1090. The third-order valence-electron chi connectivity index (χ3n) is 3.29. The Labute approximate surface area is 158 Å². The van der Waals surface area contributed by atoms with Crippen molar-refractivity contribution in [2.24, 2.45) is 0 Å². The molecule has 0 saturated carbocycles. The maximum absolute atomic E-state index is 12.4. The van der Waals surface area contributed by atoms with Crippen molar-refractivity contribution in [1.29, 1.82) is 0 Å². The fraction of sp³-hybridized carbons (Fsp3) is 0. The molecule has 1 aromatic heterocycles. The van der Waals surface area contributed by atoms with Gasteiger partial charge >= 0.3 is 29.6 Å². The molecule has 0 aliphatic carbocycles. The molecule has 24 heavy (non-hydrogen) atoms. The van der Waals surface area contributed by atoms with Gasteiger partial charge in [0.15, 0.2) is 5.43 Å². The summed E-state index contributed by atoms with van der Waals surface area (Å²) < 4.78 is 36.8. The van der Waals surface area contributed by atoms with Crippen molar-refractivity contribution in [3.8, 4) is 22.6 Å². The van der Waals surface area contributed by atoms with Gasteiger partial charge in [-0.15, -0.1) is 5.75 Å². The van der Waals surface area contributed by atoms with Crippen molar-refractivity contribution in [3.63, 3.8) is 0 Å². The van der Waals surface area contributed by atoms with Crippen molar-refractivity contribution < 1.29 is 57.2 Å². The summed E-state index contributed by atoms with van der Waals surface area (Å²) in [5, 5.41) is 20.9. The van der Waals surface area contributed by atoms with Gasteiger partial charge in [0.1, 0.15) is 22.5 Å². The first-order chi connectivity index (χ1) is 10.8. The molecule has 0 radical (unpaired) electrons. The van der Waals surface area contributed by atoms with Crippen LogP contribution in [0.5, 0.6) is 11.5 Å². The van der Waals surface area contributed by atoms with E-state index in [2.05, 4.69) is 0 Å². The van der Waals surface area contributed by atoms with Gasteiger partial charge in [-0.05, 0) is 29.8 Å². The molecule has 3 aromatic rings. The van der Waals surface area contributed by atoms with Gasteiger partial charge in [-0.3, -0.25) is 9.35 Å². The Morgan fingerprint density at radius 3 is 2.46 bits per heavy atom. The van der Waals surface area contributed by atoms with E-state index in [4.69, 9.17) is 8.97 Å². The number of hydrogen-bond donors (Lipinski definition) is 2. The first kappa shape index (κ1) is 18.5. The molecule has 9 heteroatoms. The van der Waals surface area contributed by atoms with E-state index in [0.29, 0.717) is 0 Å². The van der Waals surface area contributed by atoms with Crippen LogP contribution in [0.3, 0.4) is 0 Å². The van der Waals surface area contributed by atoms with Crippen LogP contribution in [0.25, 0.3) is 22.1 Å². The predicted molar refractivity (Wildman–Crippen MR) is 78.8 cm³/mol. The third-order valence-corrected chi connectivity index (χ3v) is 4.18. The Morgan fingerprint density at radius 1 is 1.08 bits per heavy atom. The van der Waals surface area contributed by atoms with Crippen molar-refractivity contribution in [1.82, 2.24) is 0 Å². The third kappa shape index (κ3) is 3.33. The fourth-order valence-electron chi connectivity index (χ4n) is 2.20. The smallest absolute Gasteiger partial charge is 0.872 e. The first-order valence-electron chi connectivity index (χ1n) is 6.31. The van der Waals surface area contributed by atoms with E-state index in [9.17, 15) is 23.4 Å².